The molecule has 1 aromatic carbocycles. The van der Waals surface area contributed by atoms with Crippen molar-refractivity contribution in [3.63, 3.8) is 0 Å². The van der Waals surface area contributed by atoms with Gasteiger partial charge in [0, 0.05) is 12.7 Å². The summed E-state index contributed by atoms with van der Waals surface area (Å²) in [5, 5.41) is 9.89. The molecule has 0 heterocycles. The molecule has 0 amide bonds. The van der Waals surface area contributed by atoms with Crippen LogP contribution in [0.3, 0.4) is 0 Å². The Kier molecular flexibility index (Phi) is 5.15. The average Bonchev–Trinajstić information content (AvgIpc) is 2.35. The summed E-state index contributed by atoms with van der Waals surface area (Å²) in [7, 11) is 1.50. The largest absolute Gasteiger partial charge is 0.419 e. The minimum absolute atomic E-state index is 0.110. The summed E-state index contributed by atoms with van der Waals surface area (Å²) >= 11 is 0. The molecule has 0 fully saturated rings. The highest BCUT2D eigenvalue weighted by molar-refractivity contribution is 5.29. The first-order chi connectivity index (χ1) is 9.08. The number of aliphatic hydroxyl groups excluding tert-OH is 1. The highest BCUT2D eigenvalue weighted by atomic mass is 19.4. The van der Waals surface area contributed by atoms with Crippen molar-refractivity contribution in [3.8, 4) is 0 Å². The Bertz CT molecular complexity index is 455. The van der Waals surface area contributed by atoms with E-state index in [1.165, 1.54) is 7.11 Å². The van der Waals surface area contributed by atoms with Gasteiger partial charge in [0.15, 0.2) is 0 Å². The van der Waals surface area contributed by atoms with Crippen LogP contribution in [0.25, 0.3) is 0 Å². The maximum absolute atomic E-state index is 13.8. The molecule has 0 saturated carbocycles. The molecule has 0 aliphatic carbocycles. The molecule has 2 nitrogen and oxygen atoms in total. The molecule has 0 aromatic heterocycles. The predicted molar refractivity (Wildman–Crippen MR) is 66.7 cm³/mol. The summed E-state index contributed by atoms with van der Waals surface area (Å²) < 4.78 is 56.7. The molecule has 114 valence electrons. The van der Waals surface area contributed by atoms with Crippen molar-refractivity contribution in [1.82, 2.24) is 0 Å². The second-order valence-corrected chi connectivity index (χ2v) is 5.22. The molecule has 0 aliphatic heterocycles. The van der Waals surface area contributed by atoms with Crippen LogP contribution in [-0.4, -0.2) is 17.8 Å². The molecule has 0 saturated heterocycles. The first-order valence-corrected chi connectivity index (χ1v) is 6.17. The van der Waals surface area contributed by atoms with Crippen molar-refractivity contribution in [2.24, 2.45) is 0 Å². The normalized spacial score (nSPS) is 14.4. The van der Waals surface area contributed by atoms with Gasteiger partial charge in [0.1, 0.15) is 5.82 Å². The summed E-state index contributed by atoms with van der Waals surface area (Å²) in [6.07, 6.45) is -5.57. The summed E-state index contributed by atoms with van der Waals surface area (Å²) in [4.78, 5) is 0. The third-order valence-electron chi connectivity index (χ3n) is 3.27. The minimum atomic E-state index is -4.77. The number of halogens is 4. The number of ether oxygens (including phenoxy) is 1. The molecule has 0 spiro atoms. The van der Waals surface area contributed by atoms with E-state index >= 15 is 0 Å². The summed E-state index contributed by atoms with van der Waals surface area (Å²) in [5.41, 5.74) is -2.23. The van der Waals surface area contributed by atoms with Crippen molar-refractivity contribution in [1.29, 1.82) is 0 Å². The molecule has 20 heavy (non-hydrogen) atoms. The first kappa shape index (κ1) is 16.9. The molecule has 0 radical (unpaired) electrons. The smallest absolute Gasteiger partial charge is 0.388 e. The van der Waals surface area contributed by atoms with Gasteiger partial charge in [-0.1, -0.05) is 12.1 Å². The average molecular weight is 294 g/mol. The fraction of sp³-hybridized carbons (Fsp3) is 0.571. The van der Waals surface area contributed by atoms with Gasteiger partial charge in [0.25, 0.3) is 0 Å². The second-order valence-electron chi connectivity index (χ2n) is 5.22. The van der Waals surface area contributed by atoms with Crippen LogP contribution >= 0.6 is 0 Å². The Labute approximate surface area is 115 Å². The monoisotopic (exact) mass is 294 g/mol. The van der Waals surface area contributed by atoms with Gasteiger partial charge in [-0.15, -0.1) is 0 Å². The molecule has 6 heteroatoms. The summed E-state index contributed by atoms with van der Waals surface area (Å²) in [5.74, 6) is -1.41. The van der Waals surface area contributed by atoms with Crippen LogP contribution in [0.5, 0.6) is 0 Å². The molecular weight excluding hydrogens is 276 g/mol. The topological polar surface area (TPSA) is 29.5 Å². The van der Waals surface area contributed by atoms with E-state index < -0.39 is 29.3 Å². The zero-order chi connectivity index (χ0) is 15.6. The van der Waals surface area contributed by atoms with E-state index in [1.54, 1.807) is 13.8 Å². The number of hydrogen-bond donors (Lipinski definition) is 1. The van der Waals surface area contributed by atoms with Crippen LogP contribution in [0.1, 0.15) is 43.9 Å². The standard InChI is InChI=1S/C14H18F4O2/c1-13(2,20-3)8-7-11(19)9-5-4-6-10(12(9)15)14(16,17)18/h4-6,11,19H,7-8H2,1-3H3. The van der Waals surface area contributed by atoms with Gasteiger partial charge in [-0.2, -0.15) is 13.2 Å². The van der Waals surface area contributed by atoms with Crippen LogP contribution in [0, 0.1) is 5.82 Å². The quantitative estimate of drug-likeness (QED) is 0.829. The lowest BCUT2D eigenvalue weighted by atomic mass is 9.95. The number of alkyl halides is 3. The first-order valence-electron chi connectivity index (χ1n) is 6.17. The fourth-order valence-corrected chi connectivity index (χ4v) is 1.77. The van der Waals surface area contributed by atoms with Crippen LogP contribution in [0.4, 0.5) is 17.6 Å². The van der Waals surface area contributed by atoms with E-state index in [9.17, 15) is 22.7 Å². The van der Waals surface area contributed by atoms with Crippen molar-refractivity contribution in [3.05, 3.63) is 35.1 Å². The van der Waals surface area contributed by atoms with Gasteiger partial charge >= 0.3 is 6.18 Å². The van der Waals surface area contributed by atoms with E-state index in [0.717, 1.165) is 12.1 Å². The Morgan fingerprint density at radius 1 is 1.25 bits per heavy atom. The van der Waals surface area contributed by atoms with E-state index in [0.29, 0.717) is 12.5 Å². The molecule has 1 rings (SSSR count). The van der Waals surface area contributed by atoms with Crippen LogP contribution < -0.4 is 0 Å². The zero-order valence-corrected chi connectivity index (χ0v) is 11.6. The highest BCUT2D eigenvalue weighted by Gasteiger charge is 2.35. The number of hydrogen-bond acceptors (Lipinski definition) is 2. The lowest BCUT2D eigenvalue weighted by Crippen LogP contribution is -2.23. The number of benzene rings is 1. The van der Waals surface area contributed by atoms with Gasteiger partial charge < -0.3 is 9.84 Å². The van der Waals surface area contributed by atoms with Gasteiger partial charge in [0.2, 0.25) is 0 Å². The highest BCUT2D eigenvalue weighted by Crippen LogP contribution is 2.35. The van der Waals surface area contributed by atoms with Gasteiger partial charge in [-0.05, 0) is 32.8 Å². The second kappa shape index (κ2) is 6.10. The Hall–Kier alpha value is -1.14. The molecule has 1 aromatic rings. The van der Waals surface area contributed by atoms with Crippen molar-refractivity contribution < 1.29 is 27.4 Å². The SMILES string of the molecule is COC(C)(C)CCC(O)c1cccc(C(F)(F)F)c1F. The molecular formula is C14H18F4O2. The lowest BCUT2D eigenvalue weighted by Gasteiger charge is -2.24. The molecule has 0 bridgehead atoms. The van der Waals surface area contributed by atoms with Crippen molar-refractivity contribution >= 4 is 0 Å². The number of methoxy groups -OCH3 is 1. The van der Waals surface area contributed by atoms with E-state index in [4.69, 9.17) is 4.74 Å². The third-order valence-corrected chi connectivity index (χ3v) is 3.27. The number of rotatable bonds is 5. The van der Waals surface area contributed by atoms with Gasteiger partial charge in [-0.3, -0.25) is 0 Å². The molecule has 1 atom stereocenters. The third kappa shape index (κ3) is 4.18. The number of aliphatic hydroxyl groups is 1. The maximum atomic E-state index is 13.8. The van der Waals surface area contributed by atoms with Gasteiger partial charge in [-0.25, -0.2) is 4.39 Å². The maximum Gasteiger partial charge on any atom is 0.419 e. The molecule has 1 unspecified atom stereocenters. The van der Waals surface area contributed by atoms with Crippen molar-refractivity contribution in [2.45, 2.75) is 44.6 Å². The summed E-state index contributed by atoms with van der Waals surface area (Å²) in [6.45, 7) is 3.56. The van der Waals surface area contributed by atoms with E-state index in [2.05, 4.69) is 0 Å². The van der Waals surface area contributed by atoms with Crippen LogP contribution in [0.2, 0.25) is 0 Å². The van der Waals surface area contributed by atoms with Gasteiger partial charge in [0.05, 0.1) is 17.3 Å². The van der Waals surface area contributed by atoms with E-state index in [1.807, 2.05) is 0 Å². The van der Waals surface area contributed by atoms with E-state index in [-0.39, 0.29) is 12.0 Å². The van der Waals surface area contributed by atoms with Crippen LogP contribution in [-0.2, 0) is 10.9 Å². The zero-order valence-electron chi connectivity index (χ0n) is 11.6. The Balaban J connectivity index is 2.92. The predicted octanol–water partition coefficient (Wildman–Crippen LogP) is 4.08. The Morgan fingerprint density at radius 2 is 1.85 bits per heavy atom. The van der Waals surface area contributed by atoms with Crippen molar-refractivity contribution in [2.75, 3.05) is 7.11 Å². The minimum Gasteiger partial charge on any atom is -0.388 e. The summed E-state index contributed by atoms with van der Waals surface area (Å²) in [6, 6.07) is 2.91. The molecule has 1 N–H and O–H groups in total. The fourth-order valence-electron chi connectivity index (χ4n) is 1.77. The Morgan fingerprint density at radius 3 is 2.35 bits per heavy atom. The molecule has 0 aliphatic rings. The lowest BCUT2D eigenvalue weighted by molar-refractivity contribution is -0.140. The van der Waals surface area contributed by atoms with Crippen LogP contribution in [0.15, 0.2) is 18.2 Å².